The number of carbonyl (C=O) groups is 5. The monoisotopic (exact) mass is 1600 g/mol. The number of fused-ring (bicyclic) bond motifs is 2. The first-order valence-electron chi connectivity index (χ1n) is 34.2. The number of aliphatic hydroxyl groups excluding tert-OH is 1. The van der Waals surface area contributed by atoms with Gasteiger partial charge in [-0.15, -0.1) is 45.3 Å². The van der Waals surface area contributed by atoms with Crippen LogP contribution in [0.5, 0.6) is 0 Å². The normalized spacial score (nSPS) is 19.3. The van der Waals surface area contributed by atoms with E-state index in [4.69, 9.17) is 52.6 Å². The zero-order chi connectivity index (χ0) is 74.2. The quantitative estimate of drug-likeness (QED) is 0.0447. The van der Waals surface area contributed by atoms with E-state index in [2.05, 4.69) is 52.9 Å². The Balaban J connectivity index is 0.000000186. The van der Waals surface area contributed by atoms with E-state index in [0.29, 0.717) is 152 Å². The number of hydrogen-bond acceptors (Lipinski definition) is 22. The second-order valence-corrected chi connectivity index (χ2v) is 32.3. The minimum absolute atomic E-state index is 0.0676. The van der Waals surface area contributed by atoms with Crippen LogP contribution < -0.4 is 20.4 Å². The maximum absolute atomic E-state index is 14.2. The van der Waals surface area contributed by atoms with E-state index >= 15 is 0 Å². The summed E-state index contributed by atoms with van der Waals surface area (Å²) in [5.41, 5.74) is 7.71. The predicted octanol–water partition coefficient (Wildman–Crippen LogP) is 14.3. The van der Waals surface area contributed by atoms with Crippen molar-refractivity contribution in [3.05, 3.63) is 206 Å². The van der Waals surface area contributed by atoms with Gasteiger partial charge in [-0.3, -0.25) is 34.4 Å². The maximum atomic E-state index is 14.2. The Morgan fingerprint density at radius 1 is 0.667 bits per heavy atom. The van der Waals surface area contributed by atoms with Gasteiger partial charge in [0.05, 0.1) is 66.7 Å². The first kappa shape index (κ1) is 74.7. The van der Waals surface area contributed by atoms with Crippen molar-refractivity contribution >= 4 is 136 Å². The van der Waals surface area contributed by atoms with Crippen LogP contribution in [0.3, 0.4) is 0 Å². The highest BCUT2D eigenvalue weighted by Gasteiger charge is 2.46. The van der Waals surface area contributed by atoms with Gasteiger partial charge in [0.1, 0.15) is 23.7 Å². The fourth-order valence-corrected chi connectivity index (χ4v) is 17.4. The molecular weight excluding hydrogens is 1520 g/mol. The zero-order valence-corrected chi connectivity index (χ0v) is 64.9. The highest BCUT2D eigenvalue weighted by Crippen LogP contribution is 2.42. The van der Waals surface area contributed by atoms with Crippen LogP contribution >= 0.6 is 84.5 Å². The second kappa shape index (κ2) is 31.5. The molecule has 22 nitrogen and oxygen atoms in total. The molecule has 0 bridgehead atoms. The molecule has 3 N–H and O–H groups in total. The number of aliphatic imine (C=N–C) groups is 2. The standard InChI is InChI=1S/C38H39BrFN7O4S2.C37H37Cl2N7O4S2/c1-5-51-35(49)31-29(42-33(34-41-12-15-52-34)44-32(31)27-11-10-25(40)16-28(27)39)20-45-13-14-46-26(18-45)19-47(37(46)50)36-43-30(21-53-36)24-8-6-23(7-9-24)17-38(3,4)22(2)48;1-5-50-34(48)30-28(41-32(33-40-12-15-51-33)43-31(30)26-11-10-24(38)16-27(26)39)19-44-13-14-45-25(17-44)18-46(36(45)49)35-42-29(20-52-35)22-6-8-23(9-7-22)37(3,4)21(2)47/h6-12,15-16,21,26,32,48H,2,5,13-14,17-20H2,1,3-4H3,(H,42,44);6-12,15-16,20,25,31H,5,13-14,17-19H2,1-4H3,(H,41,43)/t26-,32-;25-,31-/m00/s1. The van der Waals surface area contributed by atoms with Crippen molar-refractivity contribution in [2.24, 2.45) is 15.4 Å². The molecule has 546 valence electrons. The van der Waals surface area contributed by atoms with E-state index in [1.165, 1.54) is 57.5 Å². The minimum atomic E-state index is -0.772. The summed E-state index contributed by atoms with van der Waals surface area (Å²) in [5.74, 6) is -0.0948. The number of Topliss-reactive ketones (excluding diaryl/α,β-unsaturated/α-hetero) is 1. The smallest absolute Gasteiger partial charge is 0.338 e. The summed E-state index contributed by atoms with van der Waals surface area (Å²) in [6.07, 6.45) is 4.06. The van der Waals surface area contributed by atoms with Crippen molar-refractivity contribution < 1.29 is 42.9 Å². The molecule has 4 aromatic heterocycles. The lowest BCUT2D eigenvalue weighted by molar-refractivity contribution is -0.139. The van der Waals surface area contributed by atoms with Crippen LogP contribution in [0, 0.1) is 11.2 Å². The molecule has 14 rings (SSSR count). The molecule has 0 saturated carbocycles. The SMILES string of the molecule is C=C(O)C(C)(C)Cc1ccc(-c2csc(N3C[C@@H]4CN(CC5=C(C(=O)OCC)[C@H](c6ccc(F)cc6Br)N=C(c6nccs6)N5)CCN4C3=O)n2)cc1.CCOC(=O)C1=C(CN2CCN3C(=O)N(c4nc(-c5ccc(C(C)(C)C(C)=O)cc5)cs4)C[C@@H]3C2)NC(c2nccs2)=N[C@H]1c1ccc(Cl)cc1Cl. The molecule has 30 heteroatoms. The molecular formula is C75H76BrCl2FN14O8S4. The van der Waals surface area contributed by atoms with Crippen molar-refractivity contribution in [2.45, 2.75) is 84.5 Å². The Hall–Kier alpha value is -8.58. The van der Waals surface area contributed by atoms with E-state index in [-0.39, 0.29) is 48.9 Å². The van der Waals surface area contributed by atoms with E-state index in [9.17, 15) is 33.5 Å². The number of amidine groups is 2. The van der Waals surface area contributed by atoms with Gasteiger partial charge in [0.25, 0.3) is 0 Å². The third kappa shape index (κ3) is 16.0. The number of amides is 4. The molecule has 6 aliphatic rings. The Morgan fingerprint density at radius 2 is 1.15 bits per heavy atom. The molecule has 0 spiro atoms. The van der Waals surface area contributed by atoms with Gasteiger partial charge in [0.2, 0.25) is 0 Å². The van der Waals surface area contributed by atoms with E-state index in [0.717, 1.165) is 33.6 Å². The van der Waals surface area contributed by atoms with Gasteiger partial charge in [0.15, 0.2) is 31.9 Å². The Kier molecular flexibility index (Phi) is 22.4. The third-order valence-corrected chi connectivity index (χ3v) is 24.1. The van der Waals surface area contributed by atoms with E-state index in [1.54, 1.807) is 67.2 Å². The largest absolute Gasteiger partial charge is 0.512 e. The predicted molar refractivity (Wildman–Crippen MR) is 414 cm³/mol. The minimum Gasteiger partial charge on any atom is -0.512 e. The summed E-state index contributed by atoms with van der Waals surface area (Å²) in [6, 6.07) is 23.6. The highest BCUT2D eigenvalue weighted by atomic mass is 79.9. The first-order valence-corrected chi connectivity index (χ1v) is 39.2. The van der Waals surface area contributed by atoms with Gasteiger partial charge in [-0.25, -0.2) is 43.5 Å². The summed E-state index contributed by atoms with van der Waals surface area (Å²) in [7, 11) is 0. The summed E-state index contributed by atoms with van der Waals surface area (Å²) in [4.78, 5) is 107. The van der Waals surface area contributed by atoms with Crippen LogP contribution in [0.2, 0.25) is 10.0 Å². The van der Waals surface area contributed by atoms with Crippen molar-refractivity contribution in [1.29, 1.82) is 0 Å². The van der Waals surface area contributed by atoms with Gasteiger partial charge < -0.3 is 35.0 Å². The number of hydrogen-bond donors (Lipinski definition) is 3. The fourth-order valence-electron chi connectivity index (χ4n) is 13.4. The van der Waals surface area contributed by atoms with Gasteiger partial charge in [-0.05, 0) is 82.0 Å². The van der Waals surface area contributed by atoms with Crippen LogP contribution in [0.4, 0.5) is 24.2 Å². The highest BCUT2D eigenvalue weighted by molar-refractivity contribution is 9.10. The fraction of sp³-hybridized carbons (Fsp3) is 0.347. The van der Waals surface area contributed by atoms with Gasteiger partial charge >= 0.3 is 24.0 Å². The topological polar surface area (TPSA) is 244 Å². The van der Waals surface area contributed by atoms with Crippen LogP contribution in [0.15, 0.2) is 168 Å². The van der Waals surface area contributed by atoms with Crippen LogP contribution in [0.25, 0.3) is 22.5 Å². The van der Waals surface area contributed by atoms with E-state index < -0.39 is 40.7 Å². The maximum Gasteiger partial charge on any atom is 0.338 e. The summed E-state index contributed by atoms with van der Waals surface area (Å²) in [6.45, 7) is 22.1. The Morgan fingerprint density at radius 3 is 1.60 bits per heavy atom. The van der Waals surface area contributed by atoms with E-state index in [1.807, 2.05) is 108 Å². The average molecular weight is 1600 g/mol. The number of aromatic nitrogens is 4. The van der Waals surface area contributed by atoms with Gasteiger partial charge in [0, 0.05) is 140 Å². The number of rotatable bonds is 21. The number of ketones is 1. The average Bonchev–Trinajstić information content (AvgIpc) is 1.75. The number of carbonyl (C=O) groups excluding carboxylic acids is 5. The number of benzene rings is 4. The summed E-state index contributed by atoms with van der Waals surface area (Å²) < 4.78 is 25.8. The molecule has 8 aromatic rings. The lowest BCUT2D eigenvalue weighted by atomic mass is 9.81. The molecule has 105 heavy (non-hydrogen) atoms. The third-order valence-electron chi connectivity index (χ3n) is 19.6. The molecule has 4 saturated heterocycles. The number of aliphatic hydroxyl groups is 1. The molecule has 0 unspecified atom stereocenters. The molecule has 0 radical (unpaired) electrons. The number of nitrogens with zero attached hydrogens (tertiary/aromatic N) is 12. The summed E-state index contributed by atoms with van der Waals surface area (Å²) >= 11 is 22.2. The summed E-state index contributed by atoms with van der Waals surface area (Å²) in [5, 5.41) is 27.9. The van der Waals surface area contributed by atoms with Crippen LogP contribution in [-0.4, -0.2) is 177 Å². The van der Waals surface area contributed by atoms with Crippen molar-refractivity contribution in [1.82, 2.24) is 50.2 Å². The number of halogens is 4. The van der Waals surface area contributed by atoms with Gasteiger partial charge in [-0.2, -0.15) is 0 Å². The number of allylic oxidation sites excluding steroid dienone is 1. The van der Waals surface area contributed by atoms with Crippen molar-refractivity contribution in [2.75, 3.05) is 88.5 Å². The lowest BCUT2D eigenvalue weighted by Gasteiger charge is -2.38. The first-order chi connectivity index (χ1) is 50.3. The number of urea groups is 2. The molecule has 10 heterocycles. The number of piperazine rings is 2. The number of esters is 2. The molecule has 4 atom stereocenters. The van der Waals surface area contributed by atoms with Crippen LogP contribution in [-0.2, 0) is 35.7 Å². The number of ether oxygens (including phenoxy) is 2. The molecule has 4 fully saturated rings. The van der Waals surface area contributed by atoms with Crippen molar-refractivity contribution in [3.63, 3.8) is 0 Å². The Bertz CT molecular complexity index is 4780. The number of anilines is 2. The number of thiazole rings is 4. The zero-order valence-electron chi connectivity index (χ0n) is 58.6. The second-order valence-electron chi connectivity index (χ2n) is 27.2. The van der Waals surface area contributed by atoms with Gasteiger partial charge in [-0.1, -0.05) is 120 Å². The lowest BCUT2D eigenvalue weighted by Crippen LogP contribution is -2.53. The molecule has 6 aliphatic heterocycles. The van der Waals surface area contributed by atoms with Crippen LogP contribution in [0.1, 0.15) is 92.8 Å². The molecule has 4 amide bonds. The number of nitrogens with one attached hydrogen (secondary N) is 2. The molecule has 0 aliphatic carbocycles. The van der Waals surface area contributed by atoms with Crippen molar-refractivity contribution in [3.8, 4) is 22.5 Å². The Labute approximate surface area is 641 Å². The molecule has 4 aromatic carbocycles.